The minimum atomic E-state index is -1.62. The quantitative estimate of drug-likeness (QED) is 0.817. The molecule has 82 valence electrons. The van der Waals surface area contributed by atoms with Crippen molar-refractivity contribution in [2.45, 2.75) is 6.10 Å². The summed E-state index contributed by atoms with van der Waals surface area (Å²) in [5.74, 6) is 0.695. The Balaban J connectivity index is 1.83. The minimum absolute atomic E-state index is 0.276. The standard InChI is InChI=1S/C9H9ClO4S/c10-7-1-3-8(4-2-7)12-5-9-6-13-15(11)14-9/h1-4,9H,5-6H2. The summed E-state index contributed by atoms with van der Waals surface area (Å²) in [6.45, 7) is 0.605. The Hall–Kier alpha value is -0.620. The van der Waals surface area contributed by atoms with E-state index in [4.69, 9.17) is 24.7 Å². The van der Waals surface area contributed by atoms with Gasteiger partial charge in [0.1, 0.15) is 18.5 Å². The van der Waals surface area contributed by atoms with Crippen molar-refractivity contribution in [2.75, 3.05) is 13.2 Å². The number of hydrogen-bond donors (Lipinski definition) is 0. The summed E-state index contributed by atoms with van der Waals surface area (Å²) in [5.41, 5.74) is 0. The van der Waals surface area contributed by atoms with Gasteiger partial charge in [-0.15, -0.1) is 0 Å². The Kier molecular flexibility index (Phi) is 3.58. The molecule has 6 heteroatoms. The van der Waals surface area contributed by atoms with E-state index in [1.165, 1.54) is 0 Å². The zero-order valence-electron chi connectivity index (χ0n) is 7.72. The van der Waals surface area contributed by atoms with Crippen LogP contribution in [0.5, 0.6) is 5.75 Å². The van der Waals surface area contributed by atoms with E-state index in [0.29, 0.717) is 24.0 Å². The van der Waals surface area contributed by atoms with Gasteiger partial charge in [-0.2, -0.15) is 4.21 Å². The third kappa shape index (κ3) is 3.17. The Morgan fingerprint density at radius 3 is 2.80 bits per heavy atom. The van der Waals surface area contributed by atoms with Crippen LogP contribution in [0, 0.1) is 0 Å². The highest BCUT2D eigenvalue weighted by atomic mass is 35.5. The summed E-state index contributed by atoms with van der Waals surface area (Å²) in [7, 11) is 0. The summed E-state index contributed by atoms with van der Waals surface area (Å²) >= 11 is 4.10. The summed E-state index contributed by atoms with van der Waals surface area (Å²) in [6.07, 6.45) is -0.276. The molecule has 1 aliphatic heterocycles. The van der Waals surface area contributed by atoms with Crippen molar-refractivity contribution in [3.63, 3.8) is 0 Å². The van der Waals surface area contributed by atoms with Gasteiger partial charge in [0, 0.05) is 5.02 Å². The number of benzene rings is 1. The van der Waals surface area contributed by atoms with Crippen molar-refractivity contribution in [1.29, 1.82) is 0 Å². The molecule has 0 saturated carbocycles. The van der Waals surface area contributed by atoms with E-state index in [0.717, 1.165) is 0 Å². The lowest BCUT2D eigenvalue weighted by Crippen LogP contribution is -2.19. The van der Waals surface area contributed by atoms with Crippen LogP contribution in [0.4, 0.5) is 0 Å². The van der Waals surface area contributed by atoms with Crippen molar-refractivity contribution in [2.24, 2.45) is 0 Å². The molecule has 1 fully saturated rings. The van der Waals surface area contributed by atoms with Gasteiger partial charge in [0.05, 0.1) is 6.61 Å². The highest BCUT2D eigenvalue weighted by Crippen LogP contribution is 2.17. The second-order valence-corrected chi connectivity index (χ2v) is 4.24. The molecule has 4 nitrogen and oxygen atoms in total. The van der Waals surface area contributed by atoms with E-state index in [2.05, 4.69) is 0 Å². The molecule has 0 amide bonds. The average molecular weight is 249 g/mol. The van der Waals surface area contributed by atoms with Crippen molar-refractivity contribution in [1.82, 2.24) is 0 Å². The molecule has 0 aliphatic carbocycles. The van der Waals surface area contributed by atoms with Crippen molar-refractivity contribution in [3.8, 4) is 5.75 Å². The van der Waals surface area contributed by atoms with Gasteiger partial charge in [-0.25, -0.2) is 0 Å². The van der Waals surface area contributed by atoms with E-state index in [1.54, 1.807) is 24.3 Å². The molecule has 1 aromatic carbocycles. The van der Waals surface area contributed by atoms with Crippen molar-refractivity contribution in [3.05, 3.63) is 29.3 Å². The third-order valence-electron chi connectivity index (χ3n) is 1.81. The summed E-state index contributed by atoms with van der Waals surface area (Å²) in [5, 5.41) is 0.656. The maximum atomic E-state index is 10.7. The smallest absolute Gasteiger partial charge is 0.305 e. The van der Waals surface area contributed by atoms with E-state index < -0.39 is 11.4 Å². The molecule has 2 atom stereocenters. The molecule has 2 unspecified atom stereocenters. The number of halogens is 1. The first kappa shape index (κ1) is 10.9. The van der Waals surface area contributed by atoms with Gasteiger partial charge in [-0.1, -0.05) is 11.6 Å². The fourth-order valence-electron chi connectivity index (χ4n) is 1.09. The average Bonchev–Trinajstić information content (AvgIpc) is 2.64. The fourth-order valence-corrected chi connectivity index (χ4v) is 1.87. The van der Waals surface area contributed by atoms with Gasteiger partial charge in [0.2, 0.25) is 0 Å². The molecule has 1 aromatic rings. The zero-order valence-corrected chi connectivity index (χ0v) is 9.29. The molecular formula is C9H9ClO4S. The molecule has 0 bridgehead atoms. The summed E-state index contributed by atoms with van der Waals surface area (Å²) in [6, 6.07) is 6.99. The maximum Gasteiger partial charge on any atom is 0.305 e. The molecule has 1 heterocycles. The van der Waals surface area contributed by atoms with E-state index in [-0.39, 0.29) is 6.10 Å². The SMILES string of the molecule is O=S1OCC(COc2ccc(Cl)cc2)O1. The molecule has 0 N–H and O–H groups in total. The maximum absolute atomic E-state index is 10.7. The Labute approximate surface area is 95.0 Å². The van der Waals surface area contributed by atoms with Gasteiger partial charge in [-0.3, -0.25) is 8.37 Å². The number of hydrogen-bond acceptors (Lipinski definition) is 4. The van der Waals surface area contributed by atoms with Crippen LogP contribution in [0.3, 0.4) is 0 Å². The topological polar surface area (TPSA) is 44.8 Å². The number of ether oxygens (including phenoxy) is 1. The van der Waals surface area contributed by atoms with E-state index in [1.807, 2.05) is 0 Å². The van der Waals surface area contributed by atoms with Gasteiger partial charge in [0.15, 0.2) is 0 Å². The van der Waals surface area contributed by atoms with Gasteiger partial charge >= 0.3 is 11.4 Å². The van der Waals surface area contributed by atoms with Crippen LogP contribution in [-0.2, 0) is 19.7 Å². The first-order valence-electron chi connectivity index (χ1n) is 4.34. The van der Waals surface area contributed by atoms with Crippen LogP contribution < -0.4 is 4.74 Å². The van der Waals surface area contributed by atoms with Crippen LogP contribution in [0.2, 0.25) is 5.02 Å². The van der Waals surface area contributed by atoms with Crippen molar-refractivity contribution >= 4 is 23.0 Å². The molecule has 1 aliphatic rings. The van der Waals surface area contributed by atoms with Crippen LogP contribution in [-0.4, -0.2) is 23.5 Å². The highest BCUT2D eigenvalue weighted by molar-refractivity contribution is 7.75. The summed E-state index contributed by atoms with van der Waals surface area (Å²) < 4.78 is 25.7. The zero-order chi connectivity index (χ0) is 10.7. The second-order valence-electron chi connectivity index (χ2n) is 2.97. The van der Waals surface area contributed by atoms with E-state index >= 15 is 0 Å². The van der Waals surface area contributed by atoms with E-state index in [9.17, 15) is 4.21 Å². The highest BCUT2D eigenvalue weighted by Gasteiger charge is 2.23. The third-order valence-corrected chi connectivity index (χ3v) is 2.82. The molecule has 0 aromatic heterocycles. The fraction of sp³-hybridized carbons (Fsp3) is 0.333. The molecule has 15 heavy (non-hydrogen) atoms. The Morgan fingerprint density at radius 1 is 1.47 bits per heavy atom. The molecule has 1 saturated heterocycles. The van der Waals surface area contributed by atoms with Gasteiger partial charge < -0.3 is 4.74 Å². The summed E-state index contributed by atoms with van der Waals surface area (Å²) in [4.78, 5) is 0. The molecule has 2 rings (SSSR count). The van der Waals surface area contributed by atoms with Crippen LogP contribution in [0.25, 0.3) is 0 Å². The Bertz CT molecular complexity index is 354. The Morgan fingerprint density at radius 2 is 2.20 bits per heavy atom. The van der Waals surface area contributed by atoms with Crippen LogP contribution >= 0.6 is 11.6 Å². The molecule has 0 spiro atoms. The predicted octanol–water partition coefficient (Wildman–Crippen LogP) is 1.71. The van der Waals surface area contributed by atoms with Gasteiger partial charge in [-0.05, 0) is 24.3 Å². The molecule has 0 radical (unpaired) electrons. The lowest BCUT2D eigenvalue weighted by Gasteiger charge is -2.08. The van der Waals surface area contributed by atoms with Gasteiger partial charge in [0.25, 0.3) is 0 Å². The first-order valence-corrected chi connectivity index (χ1v) is 5.72. The lowest BCUT2D eigenvalue weighted by molar-refractivity contribution is 0.151. The van der Waals surface area contributed by atoms with Crippen molar-refractivity contribution < 1.29 is 17.3 Å². The minimum Gasteiger partial charge on any atom is -0.491 e. The first-order chi connectivity index (χ1) is 7.24. The lowest BCUT2D eigenvalue weighted by atomic mass is 10.3. The largest absolute Gasteiger partial charge is 0.491 e. The second kappa shape index (κ2) is 4.94. The normalized spacial score (nSPS) is 25.4. The predicted molar refractivity (Wildman–Crippen MR) is 55.9 cm³/mol. The van der Waals surface area contributed by atoms with Crippen LogP contribution in [0.1, 0.15) is 0 Å². The monoisotopic (exact) mass is 248 g/mol. The van der Waals surface area contributed by atoms with Crippen LogP contribution in [0.15, 0.2) is 24.3 Å². The molecular weight excluding hydrogens is 240 g/mol. The number of rotatable bonds is 3.